The largest absolute Gasteiger partial charge is 0.493 e. The van der Waals surface area contributed by atoms with Crippen LogP contribution in [-0.4, -0.2) is 114 Å². The molecular weight excluding hydrogens is 893 g/mol. The lowest BCUT2D eigenvalue weighted by Gasteiger charge is -2.35. The van der Waals surface area contributed by atoms with E-state index in [1.165, 1.54) is 145 Å². The molecule has 4 saturated carbocycles. The molecule has 4 aliphatic carbocycles. The SMILES string of the molecule is C1CCC2C3NC(NC4NC(NC5NC(NC6NC(N3)C3CCCCC63)C3CCCCC53)C3CCCCC43)C2C1.COc1cc(C(C(=O)O)c2cc(OC)c(OC)c(OC)c2)cc(OC)c1OC.[Si]. The molecule has 2 aromatic carbocycles. The lowest BCUT2D eigenvalue weighted by atomic mass is 9.76. The molecule has 5 saturated heterocycles. The molecule has 16 nitrogen and oxygen atoms in total. The van der Waals surface area contributed by atoms with Gasteiger partial charge in [-0.3, -0.25) is 47.3 Å². The Hall–Kier alpha value is -3.39. The maximum atomic E-state index is 12.2. The van der Waals surface area contributed by atoms with E-state index in [1.54, 1.807) is 24.3 Å². The molecule has 5 aliphatic heterocycles. The van der Waals surface area contributed by atoms with E-state index in [2.05, 4.69) is 42.5 Å². The van der Waals surface area contributed by atoms with E-state index in [4.69, 9.17) is 28.4 Å². The Balaban J connectivity index is 0.000000182. The van der Waals surface area contributed by atoms with Crippen molar-refractivity contribution in [3.8, 4) is 34.5 Å². The van der Waals surface area contributed by atoms with E-state index in [1.807, 2.05) is 0 Å². The molecular formula is C52H80N8O8Si. The highest BCUT2D eigenvalue weighted by Crippen LogP contribution is 2.48. The van der Waals surface area contributed by atoms with E-state index < -0.39 is 11.9 Å². The highest BCUT2D eigenvalue weighted by Gasteiger charge is 2.54. The summed E-state index contributed by atoms with van der Waals surface area (Å²) in [6.07, 6.45) is 25.6. The van der Waals surface area contributed by atoms with Crippen molar-refractivity contribution in [3.05, 3.63) is 35.4 Å². The quantitative estimate of drug-likeness (QED) is 0.150. The van der Waals surface area contributed by atoms with Gasteiger partial charge in [-0.25, -0.2) is 0 Å². The molecule has 2 aromatic rings. The molecule has 0 amide bonds. The summed E-state index contributed by atoms with van der Waals surface area (Å²) in [4.78, 5) is 12.2. The van der Waals surface area contributed by atoms with Gasteiger partial charge in [-0.1, -0.05) is 51.4 Å². The molecule has 9 fully saturated rings. The fraction of sp³-hybridized carbons (Fsp3) is 0.750. The summed E-state index contributed by atoms with van der Waals surface area (Å²) in [6.45, 7) is 0. The molecule has 4 radical (unpaired) electrons. The van der Waals surface area contributed by atoms with E-state index >= 15 is 0 Å². The van der Waals surface area contributed by atoms with Crippen molar-refractivity contribution in [2.24, 2.45) is 47.3 Å². The zero-order chi connectivity index (χ0) is 47.1. The zero-order valence-corrected chi connectivity index (χ0v) is 42.7. The molecule has 5 heterocycles. The van der Waals surface area contributed by atoms with Gasteiger partial charge in [-0.05, 0) is 134 Å². The van der Waals surface area contributed by atoms with Crippen molar-refractivity contribution < 1.29 is 38.3 Å². The average molecular weight is 973 g/mol. The smallest absolute Gasteiger partial charge is 0.315 e. The fourth-order valence-electron chi connectivity index (χ4n) is 15.0. The fourth-order valence-corrected chi connectivity index (χ4v) is 15.0. The van der Waals surface area contributed by atoms with Crippen LogP contribution in [0, 0.1) is 47.3 Å². The Labute approximate surface area is 414 Å². The van der Waals surface area contributed by atoms with E-state index in [9.17, 15) is 9.90 Å². The summed E-state index contributed by atoms with van der Waals surface area (Å²) in [6, 6.07) is 6.40. The van der Waals surface area contributed by atoms with Crippen molar-refractivity contribution in [2.75, 3.05) is 42.7 Å². The Morgan fingerprint density at radius 2 is 0.580 bits per heavy atom. The molecule has 8 bridgehead atoms. The van der Waals surface area contributed by atoms with Gasteiger partial charge in [0.05, 0.1) is 92.0 Å². The molecule has 9 aliphatic rings. The highest BCUT2D eigenvalue weighted by molar-refractivity contribution is 5.82. The normalized spacial score (nSPS) is 37.6. The van der Waals surface area contributed by atoms with Gasteiger partial charge >= 0.3 is 5.97 Å². The van der Waals surface area contributed by atoms with Gasteiger partial charge in [0.1, 0.15) is 5.92 Å². The molecule has 11 rings (SSSR count). The molecule has 8 atom stereocenters. The third-order valence-electron chi connectivity index (χ3n) is 18.1. The summed E-state index contributed by atoms with van der Waals surface area (Å²) in [5, 5.41) is 43.8. The Morgan fingerprint density at radius 1 is 0.391 bits per heavy atom. The van der Waals surface area contributed by atoms with Crippen LogP contribution in [0.1, 0.15) is 120 Å². The third kappa shape index (κ3) is 9.82. The van der Waals surface area contributed by atoms with Crippen molar-refractivity contribution in [1.82, 2.24) is 42.5 Å². The predicted molar refractivity (Wildman–Crippen MR) is 265 cm³/mol. The first-order chi connectivity index (χ1) is 33.2. The molecule has 380 valence electrons. The number of nitrogens with one attached hydrogen (secondary N) is 8. The first-order valence-corrected chi connectivity index (χ1v) is 26.2. The Morgan fingerprint density at radius 3 is 0.725 bits per heavy atom. The minimum atomic E-state index is -1.07. The van der Waals surface area contributed by atoms with Crippen LogP contribution < -0.4 is 71.0 Å². The monoisotopic (exact) mass is 973 g/mol. The van der Waals surface area contributed by atoms with Crippen molar-refractivity contribution in [3.63, 3.8) is 0 Å². The van der Waals surface area contributed by atoms with Gasteiger partial charge in [-0.15, -0.1) is 0 Å². The number of fused-ring (bicyclic) bond motifs is 20. The van der Waals surface area contributed by atoms with Crippen LogP contribution in [0.2, 0.25) is 0 Å². The maximum Gasteiger partial charge on any atom is 0.315 e. The van der Waals surface area contributed by atoms with Crippen LogP contribution in [0.25, 0.3) is 0 Å². The van der Waals surface area contributed by atoms with Crippen molar-refractivity contribution in [2.45, 2.75) is 158 Å². The van der Waals surface area contributed by atoms with Crippen LogP contribution in [0.3, 0.4) is 0 Å². The van der Waals surface area contributed by atoms with Gasteiger partial charge in [0, 0.05) is 11.0 Å². The summed E-state index contributed by atoms with van der Waals surface area (Å²) in [5.41, 5.74) is 0.882. The number of hydrogen-bond donors (Lipinski definition) is 9. The molecule has 0 aromatic heterocycles. The second-order valence-electron chi connectivity index (χ2n) is 21.3. The Kier molecular flexibility index (Phi) is 16.2. The highest BCUT2D eigenvalue weighted by atomic mass is 28.1. The standard InChI is InChI=1S/C32H56N8.C20H24O8.Si/c1-2-10-18-17(9-1)25-33-26(18)38-28-21-13-5-6-14-22(21)30(35-28)40-32-24-16-8-7-15-23(24)31(36-32)39-29-20-12-4-3-11-19(20)27(34-29)37-25;1-23-13-7-11(8-14(24-2)18(13)27-5)17(20(21)22)12-9-15(25-3)19(28-6)16(10-12)26-4;/h17-40H,1-16H2;7-10,17H,1-6H3,(H,21,22);. The topological polar surface area (TPSA) is 189 Å². The van der Waals surface area contributed by atoms with Gasteiger partial charge in [0.15, 0.2) is 23.0 Å². The lowest BCUT2D eigenvalue weighted by Crippen LogP contribution is -2.61. The molecule has 8 unspecified atom stereocenters. The minimum Gasteiger partial charge on any atom is -0.493 e. The lowest BCUT2D eigenvalue weighted by molar-refractivity contribution is -0.137. The zero-order valence-electron chi connectivity index (χ0n) is 41.7. The number of hydrogen-bond acceptors (Lipinski definition) is 15. The van der Waals surface area contributed by atoms with E-state index in [0.717, 1.165) is 47.3 Å². The maximum absolute atomic E-state index is 12.2. The first kappa shape index (κ1) is 50.5. The number of carboxylic acid groups (broad SMARTS) is 1. The summed E-state index contributed by atoms with van der Waals surface area (Å²) in [7, 11) is 8.83. The van der Waals surface area contributed by atoms with Crippen molar-refractivity contribution in [1.29, 1.82) is 0 Å². The van der Waals surface area contributed by atoms with Gasteiger partial charge < -0.3 is 33.5 Å². The average Bonchev–Trinajstić information content (AvgIpc) is 4.11. The summed E-state index contributed by atoms with van der Waals surface area (Å²) < 4.78 is 32.0. The molecule has 17 heteroatoms. The van der Waals surface area contributed by atoms with Crippen LogP contribution in [0.15, 0.2) is 24.3 Å². The second-order valence-corrected chi connectivity index (χ2v) is 21.3. The van der Waals surface area contributed by atoms with Crippen LogP contribution in [0.5, 0.6) is 34.5 Å². The summed E-state index contributed by atoms with van der Waals surface area (Å²) in [5.74, 6) is 6.05. The van der Waals surface area contributed by atoms with Gasteiger partial charge in [0.2, 0.25) is 11.5 Å². The third-order valence-corrected chi connectivity index (χ3v) is 18.1. The number of methoxy groups -OCH3 is 6. The van der Waals surface area contributed by atoms with E-state index in [-0.39, 0.29) is 11.0 Å². The number of benzene rings is 2. The van der Waals surface area contributed by atoms with Crippen LogP contribution >= 0.6 is 0 Å². The predicted octanol–water partition coefficient (Wildman–Crippen LogP) is 5.18. The number of rotatable bonds is 9. The van der Waals surface area contributed by atoms with Crippen molar-refractivity contribution >= 4 is 16.9 Å². The summed E-state index contributed by atoms with van der Waals surface area (Å²) >= 11 is 0. The number of carbonyl (C=O) groups is 1. The van der Waals surface area contributed by atoms with Gasteiger partial charge in [-0.2, -0.15) is 0 Å². The second kappa shape index (κ2) is 22.2. The van der Waals surface area contributed by atoms with E-state index in [0.29, 0.717) is 95.0 Å². The number of aliphatic carboxylic acids is 1. The van der Waals surface area contributed by atoms with Gasteiger partial charge in [0.25, 0.3) is 0 Å². The number of ether oxygens (including phenoxy) is 6. The molecule has 69 heavy (non-hydrogen) atoms. The number of carboxylic acids is 1. The first-order valence-electron chi connectivity index (χ1n) is 26.2. The molecule has 9 N–H and O–H groups in total. The Bertz CT molecular complexity index is 1750. The van der Waals surface area contributed by atoms with Crippen LogP contribution in [-0.2, 0) is 4.79 Å². The minimum absolute atomic E-state index is 0. The molecule has 0 spiro atoms. The van der Waals surface area contributed by atoms with Crippen LogP contribution in [0.4, 0.5) is 0 Å².